The maximum absolute atomic E-state index is 11.3. The van der Waals surface area contributed by atoms with Gasteiger partial charge in [-0.05, 0) is 0 Å². The molecule has 0 spiro atoms. The Hall–Kier alpha value is -0.860. The predicted octanol–water partition coefficient (Wildman–Crippen LogP) is 1.22. The Bertz CT molecular complexity index is 361. The van der Waals surface area contributed by atoms with E-state index < -0.39 is 12.0 Å². The molecule has 0 saturated heterocycles. The second-order valence-corrected chi connectivity index (χ2v) is 3.76. The van der Waals surface area contributed by atoms with Gasteiger partial charge < -0.3 is 0 Å². The van der Waals surface area contributed by atoms with Crippen LogP contribution in [0.4, 0.5) is 0 Å². The number of aliphatic hydroxyl groups excluding tert-OH is 1. The fraction of sp³-hybridized carbons (Fsp3) is 0.636. The molecule has 0 aliphatic heterocycles. The molecule has 0 aliphatic rings. The molecule has 0 heterocycles. The zero-order valence-corrected chi connectivity index (χ0v) is 10.8. The number of carbonyl (C=O) groups excluding carboxylic acids is 1. The minimum atomic E-state index is -0.867. The summed E-state index contributed by atoms with van der Waals surface area (Å²) in [7, 11) is -0.249. The molecule has 17 heavy (non-hydrogen) atoms. The van der Waals surface area contributed by atoms with Gasteiger partial charge in [0.2, 0.25) is 0 Å². The van der Waals surface area contributed by atoms with Gasteiger partial charge in [-0.3, -0.25) is 0 Å². The first-order chi connectivity index (χ1) is 8.15. The number of nitrogens with two attached hydrogens (primary N) is 1. The Kier molecular flexibility index (Phi) is 9.78. The number of rotatable bonds is 7. The summed E-state index contributed by atoms with van der Waals surface area (Å²) in [5.74, 6) is -0.517. The second kappa shape index (κ2) is 10.3. The van der Waals surface area contributed by atoms with Gasteiger partial charge in [0.25, 0.3) is 0 Å². The van der Waals surface area contributed by atoms with Crippen molar-refractivity contribution in [3.8, 4) is 5.63 Å². The molecule has 3 N–H and O–H groups in total. The van der Waals surface area contributed by atoms with Gasteiger partial charge in [0.15, 0.2) is 0 Å². The van der Waals surface area contributed by atoms with Crippen molar-refractivity contribution in [3.05, 3.63) is 11.6 Å². The predicted molar refractivity (Wildman–Crippen MR) is 65.1 cm³/mol. The minimum absolute atomic E-state index is 0.103. The summed E-state index contributed by atoms with van der Waals surface area (Å²) in [6.45, 7) is 2.07. The average Bonchev–Trinajstić information content (AvgIpc) is 2.29. The zero-order chi connectivity index (χ0) is 13.1. The van der Waals surface area contributed by atoms with E-state index in [1.54, 1.807) is 6.92 Å². The monoisotopic (exact) mass is 259 g/mol. The van der Waals surface area contributed by atoms with E-state index in [0.29, 0.717) is 18.4 Å². The van der Waals surface area contributed by atoms with Crippen LogP contribution in [-0.2, 0) is 14.1 Å². The molecule has 1 atom stereocenters. The number of allylic oxidation sites excluding steroid dienone is 1. The third-order valence-electron chi connectivity index (χ3n) is 1.98. The molecular formula is C11H18NO4P. The number of esters is 1. The van der Waals surface area contributed by atoms with Crippen molar-refractivity contribution < 1.29 is 19.2 Å². The van der Waals surface area contributed by atoms with E-state index in [9.17, 15) is 9.36 Å². The molecule has 6 heteroatoms. The van der Waals surface area contributed by atoms with E-state index in [2.05, 4.69) is 5.63 Å². The molecule has 0 bridgehead atoms. The van der Waals surface area contributed by atoms with E-state index in [1.165, 1.54) is 6.08 Å². The number of unbranched alkanes of at least 4 members (excludes halogenated alkanes) is 1. The first-order valence-electron chi connectivity index (χ1n) is 5.47. The summed E-state index contributed by atoms with van der Waals surface area (Å²) in [6, 6.07) is -0.867. The number of hydrogen-bond acceptors (Lipinski definition) is 5. The third kappa shape index (κ3) is 7.94. The SMILES string of the molecule is CCOC(=O)C(N)C=C(C#P=O)CCCCO. The second-order valence-electron chi connectivity index (χ2n) is 3.35. The van der Waals surface area contributed by atoms with Crippen LogP contribution in [0.15, 0.2) is 11.6 Å². The molecular weight excluding hydrogens is 241 g/mol. The summed E-state index contributed by atoms with van der Waals surface area (Å²) >= 11 is 0. The Morgan fingerprint density at radius 2 is 2.29 bits per heavy atom. The van der Waals surface area contributed by atoms with Gasteiger partial charge in [0.1, 0.15) is 0 Å². The van der Waals surface area contributed by atoms with Crippen molar-refractivity contribution in [2.45, 2.75) is 32.2 Å². The summed E-state index contributed by atoms with van der Waals surface area (Å²) in [4.78, 5) is 11.3. The van der Waals surface area contributed by atoms with Gasteiger partial charge in [-0.15, -0.1) is 0 Å². The van der Waals surface area contributed by atoms with E-state index in [0.717, 1.165) is 6.42 Å². The van der Waals surface area contributed by atoms with E-state index >= 15 is 0 Å². The zero-order valence-electron chi connectivity index (χ0n) is 9.89. The van der Waals surface area contributed by atoms with Gasteiger partial charge in [-0.1, -0.05) is 0 Å². The third-order valence-corrected chi connectivity index (χ3v) is 2.36. The Morgan fingerprint density at radius 3 is 2.82 bits per heavy atom. The molecule has 5 nitrogen and oxygen atoms in total. The molecule has 0 aromatic heterocycles. The van der Waals surface area contributed by atoms with Crippen LogP contribution in [0.2, 0.25) is 0 Å². The molecule has 0 aromatic carbocycles. The van der Waals surface area contributed by atoms with Crippen molar-refractivity contribution >= 4 is 13.9 Å². The van der Waals surface area contributed by atoms with Crippen molar-refractivity contribution in [1.29, 1.82) is 0 Å². The molecule has 0 aliphatic carbocycles. The molecule has 96 valence electrons. The Balaban J connectivity index is 4.49. The Morgan fingerprint density at radius 1 is 1.59 bits per heavy atom. The molecule has 0 saturated carbocycles. The number of aliphatic hydroxyl groups is 1. The van der Waals surface area contributed by atoms with E-state index in [-0.39, 0.29) is 21.1 Å². The first-order valence-corrected chi connectivity index (χ1v) is 6.29. The van der Waals surface area contributed by atoms with Crippen LogP contribution in [0.25, 0.3) is 0 Å². The van der Waals surface area contributed by atoms with Gasteiger partial charge >= 0.3 is 102 Å². The van der Waals surface area contributed by atoms with Gasteiger partial charge in [0, 0.05) is 0 Å². The topological polar surface area (TPSA) is 89.6 Å². The quantitative estimate of drug-likeness (QED) is 0.407. The standard InChI is InChI=1S/C11H18NO4P/c1-2-16-11(14)10(12)7-9(8-17-15)5-3-4-6-13/h7,10,13H,2-6,12H2,1H3. The summed E-state index contributed by atoms with van der Waals surface area (Å²) in [6.07, 6.45) is 3.42. The van der Waals surface area contributed by atoms with E-state index in [1.807, 2.05) is 0 Å². The molecule has 0 radical (unpaired) electrons. The fourth-order valence-corrected chi connectivity index (χ4v) is 1.49. The van der Waals surface area contributed by atoms with Gasteiger partial charge in [-0.25, -0.2) is 0 Å². The number of ether oxygens (including phenoxy) is 1. The van der Waals surface area contributed by atoms with Gasteiger partial charge in [0.05, 0.1) is 0 Å². The molecule has 1 unspecified atom stereocenters. The maximum atomic E-state index is 11.3. The summed E-state index contributed by atoms with van der Waals surface area (Å²) in [5, 5.41) is 8.65. The molecule has 0 rings (SSSR count). The van der Waals surface area contributed by atoms with Crippen LogP contribution in [0.3, 0.4) is 0 Å². The van der Waals surface area contributed by atoms with Crippen LogP contribution in [0.1, 0.15) is 26.2 Å². The van der Waals surface area contributed by atoms with Crippen LogP contribution < -0.4 is 5.73 Å². The van der Waals surface area contributed by atoms with Crippen LogP contribution in [-0.4, -0.2) is 30.3 Å². The fourth-order valence-electron chi connectivity index (χ4n) is 1.19. The normalized spacial score (nSPS) is 12.8. The molecule has 0 aromatic rings. The van der Waals surface area contributed by atoms with Crippen molar-refractivity contribution in [2.75, 3.05) is 13.2 Å². The van der Waals surface area contributed by atoms with Gasteiger partial charge in [-0.2, -0.15) is 0 Å². The average molecular weight is 259 g/mol. The first kappa shape index (κ1) is 16.1. The van der Waals surface area contributed by atoms with E-state index in [4.69, 9.17) is 15.6 Å². The molecule has 0 amide bonds. The van der Waals surface area contributed by atoms with Crippen molar-refractivity contribution in [2.24, 2.45) is 5.73 Å². The number of carbonyl (C=O) groups is 1. The van der Waals surface area contributed by atoms with Crippen molar-refractivity contribution in [3.63, 3.8) is 0 Å². The summed E-state index contributed by atoms with van der Waals surface area (Å²) < 4.78 is 15.2. The Labute approximate surface area is 102 Å². The molecule has 0 fully saturated rings. The van der Waals surface area contributed by atoms with Crippen molar-refractivity contribution in [1.82, 2.24) is 0 Å². The van der Waals surface area contributed by atoms with Crippen LogP contribution >= 0.6 is 7.92 Å². The van der Waals surface area contributed by atoms with Crippen LogP contribution in [0.5, 0.6) is 0 Å². The summed E-state index contributed by atoms with van der Waals surface area (Å²) in [5.41, 5.74) is 8.78. The van der Waals surface area contributed by atoms with Crippen LogP contribution in [0, 0.1) is 5.63 Å². The number of hydrogen-bond donors (Lipinski definition) is 2.